The second kappa shape index (κ2) is 13.6. The van der Waals surface area contributed by atoms with Gasteiger partial charge in [-0.15, -0.1) is 0 Å². The molecule has 5 atom stereocenters. The predicted octanol–water partition coefficient (Wildman–Crippen LogP) is 3.85. The Morgan fingerprint density at radius 1 is 1.12 bits per heavy atom. The van der Waals surface area contributed by atoms with E-state index in [0.29, 0.717) is 24.3 Å². The van der Waals surface area contributed by atoms with Crippen molar-refractivity contribution in [2.24, 2.45) is 17.8 Å². The summed E-state index contributed by atoms with van der Waals surface area (Å²) in [4.78, 5) is 13.2. The van der Waals surface area contributed by atoms with E-state index in [4.69, 9.17) is 9.47 Å². The Hall–Kier alpha value is -2.30. The number of carbonyl (C=O) groups excluding carboxylic acids is 1. The van der Waals surface area contributed by atoms with Gasteiger partial charge in [0.1, 0.15) is 6.10 Å². The quantitative estimate of drug-likeness (QED) is 0.350. The van der Waals surface area contributed by atoms with Crippen molar-refractivity contribution in [1.29, 1.82) is 0 Å². The minimum atomic E-state index is -3.97. The van der Waals surface area contributed by atoms with E-state index in [2.05, 4.69) is 0 Å². The number of rotatable bonds is 13. The van der Waals surface area contributed by atoms with E-state index in [1.54, 1.807) is 6.07 Å². The van der Waals surface area contributed by atoms with Crippen molar-refractivity contribution in [3.8, 4) is 0 Å². The summed E-state index contributed by atoms with van der Waals surface area (Å²) in [5.74, 6) is -0.477. The molecule has 2 aromatic rings. The number of hydrogen-bond donors (Lipinski definition) is 2. The molecule has 0 spiro atoms. The van der Waals surface area contributed by atoms with E-state index < -0.39 is 22.0 Å². The SMILES string of the molecule is Cc1ccc(S(=O)(=O)N(CC(C)C)C[C@@H](O)[C@@H](CC(=O)OC2CC3CCO[C@@H]3C2)Cc2ccccc2)cc1CO. The Kier molecular flexibility index (Phi) is 10.4. The lowest BCUT2D eigenvalue weighted by Crippen LogP contribution is -2.43. The molecule has 1 saturated carbocycles. The lowest BCUT2D eigenvalue weighted by molar-refractivity contribution is -0.151. The highest BCUT2D eigenvalue weighted by molar-refractivity contribution is 7.89. The molecule has 2 N–H and O–H groups in total. The number of ether oxygens (including phenoxy) is 2. The summed E-state index contributed by atoms with van der Waals surface area (Å²) >= 11 is 0. The molecule has 0 bridgehead atoms. The van der Waals surface area contributed by atoms with Crippen molar-refractivity contribution in [1.82, 2.24) is 4.31 Å². The molecule has 1 aliphatic carbocycles. The van der Waals surface area contributed by atoms with Gasteiger partial charge in [0.25, 0.3) is 0 Å². The molecule has 2 unspecified atom stereocenters. The first-order valence-corrected chi connectivity index (χ1v) is 15.7. The van der Waals surface area contributed by atoms with Gasteiger partial charge in [-0.05, 0) is 66.8 Å². The van der Waals surface area contributed by atoms with Crippen LogP contribution in [0, 0.1) is 24.7 Å². The number of aliphatic hydroxyl groups is 2. The molecule has 4 rings (SSSR count). The second-order valence-electron chi connectivity index (χ2n) is 11.7. The first kappa shape index (κ1) is 30.7. The van der Waals surface area contributed by atoms with E-state index in [9.17, 15) is 23.4 Å². The first-order chi connectivity index (χ1) is 19.1. The molecule has 2 aliphatic rings. The summed E-state index contributed by atoms with van der Waals surface area (Å²) in [6.45, 7) is 6.20. The van der Waals surface area contributed by atoms with Crippen LogP contribution in [-0.2, 0) is 37.3 Å². The van der Waals surface area contributed by atoms with Gasteiger partial charge in [0, 0.05) is 32.0 Å². The lowest BCUT2D eigenvalue weighted by atomic mass is 9.90. The van der Waals surface area contributed by atoms with Gasteiger partial charge in [0.05, 0.1) is 30.1 Å². The van der Waals surface area contributed by atoms with E-state index in [1.165, 1.54) is 16.4 Å². The molecule has 1 saturated heterocycles. The van der Waals surface area contributed by atoms with Crippen molar-refractivity contribution in [3.63, 3.8) is 0 Å². The monoisotopic (exact) mass is 573 g/mol. The summed E-state index contributed by atoms with van der Waals surface area (Å²) in [6, 6.07) is 14.3. The fourth-order valence-corrected chi connectivity index (χ4v) is 7.56. The van der Waals surface area contributed by atoms with E-state index >= 15 is 0 Å². The largest absolute Gasteiger partial charge is 0.462 e. The minimum Gasteiger partial charge on any atom is -0.462 e. The van der Waals surface area contributed by atoms with Gasteiger partial charge in [0.15, 0.2) is 0 Å². The number of fused-ring (bicyclic) bond motifs is 1. The van der Waals surface area contributed by atoms with Crippen LogP contribution in [-0.4, -0.2) is 66.9 Å². The predicted molar refractivity (Wildman–Crippen MR) is 152 cm³/mol. The summed E-state index contributed by atoms with van der Waals surface area (Å²) < 4.78 is 40.3. The molecule has 1 aliphatic heterocycles. The van der Waals surface area contributed by atoms with Gasteiger partial charge in [-0.3, -0.25) is 4.79 Å². The maximum Gasteiger partial charge on any atom is 0.306 e. The van der Waals surface area contributed by atoms with Crippen LogP contribution in [0.15, 0.2) is 53.4 Å². The number of benzene rings is 2. The minimum absolute atomic E-state index is 0.00584. The van der Waals surface area contributed by atoms with E-state index in [1.807, 2.05) is 51.1 Å². The fourth-order valence-electron chi connectivity index (χ4n) is 5.88. The van der Waals surface area contributed by atoms with E-state index in [-0.39, 0.29) is 55.1 Å². The zero-order valence-electron chi connectivity index (χ0n) is 23.7. The molecule has 8 nitrogen and oxygen atoms in total. The fraction of sp³-hybridized carbons (Fsp3) is 0.581. The molecule has 2 fully saturated rings. The molecular formula is C31H43NO7S. The highest BCUT2D eigenvalue weighted by Crippen LogP contribution is 2.37. The molecule has 220 valence electrons. The Labute approximate surface area is 238 Å². The number of esters is 1. The summed E-state index contributed by atoms with van der Waals surface area (Å²) in [6.07, 6.45) is 1.76. The maximum absolute atomic E-state index is 13.7. The second-order valence-corrected chi connectivity index (χ2v) is 13.7. The number of hydrogen-bond acceptors (Lipinski definition) is 7. The molecular weight excluding hydrogens is 530 g/mol. The smallest absolute Gasteiger partial charge is 0.306 e. The standard InChI is InChI=1S/C31H43NO7S/c1-21(2)18-32(40(36,37)28-10-9-22(3)26(15-28)20-33)19-29(34)25(13-23-7-5-4-6-8-23)16-31(35)39-27-14-24-11-12-38-30(24)17-27/h4-10,15,21,24-25,27,29-30,33-34H,11-14,16-20H2,1-3H3/t24?,25-,27?,29-,30-/m1/s1. The van der Waals surface area contributed by atoms with Gasteiger partial charge in [-0.1, -0.05) is 50.2 Å². The Bertz CT molecular complexity index is 1220. The van der Waals surface area contributed by atoms with Gasteiger partial charge < -0.3 is 19.7 Å². The van der Waals surface area contributed by atoms with Crippen molar-refractivity contribution >= 4 is 16.0 Å². The molecule has 0 aromatic heterocycles. The number of aryl methyl sites for hydroxylation is 1. The van der Waals surface area contributed by atoms with E-state index in [0.717, 1.165) is 30.6 Å². The maximum atomic E-state index is 13.7. The summed E-state index contributed by atoms with van der Waals surface area (Å²) in [5, 5.41) is 21.2. The Morgan fingerprint density at radius 3 is 2.55 bits per heavy atom. The zero-order chi connectivity index (χ0) is 28.9. The number of sulfonamides is 1. The highest BCUT2D eigenvalue weighted by Gasteiger charge is 2.40. The molecule has 0 radical (unpaired) electrons. The van der Waals surface area contributed by atoms with Gasteiger partial charge >= 0.3 is 5.97 Å². The lowest BCUT2D eigenvalue weighted by Gasteiger charge is -2.30. The van der Waals surface area contributed by atoms with Crippen LogP contribution in [0.25, 0.3) is 0 Å². The molecule has 9 heteroatoms. The van der Waals surface area contributed by atoms with Crippen LogP contribution in [0.4, 0.5) is 0 Å². The third-order valence-electron chi connectivity index (χ3n) is 8.11. The van der Waals surface area contributed by atoms with Crippen molar-refractivity contribution < 1.29 is 32.9 Å². The average molecular weight is 574 g/mol. The molecule has 40 heavy (non-hydrogen) atoms. The van der Waals surface area contributed by atoms with Gasteiger partial charge in [-0.2, -0.15) is 4.31 Å². The van der Waals surface area contributed by atoms with Crippen molar-refractivity contribution in [3.05, 3.63) is 65.2 Å². The molecule has 1 heterocycles. The van der Waals surface area contributed by atoms with Crippen LogP contribution in [0.1, 0.15) is 56.2 Å². The van der Waals surface area contributed by atoms with Crippen molar-refractivity contribution in [2.45, 2.75) is 82.7 Å². The van der Waals surface area contributed by atoms with Gasteiger partial charge in [-0.25, -0.2) is 8.42 Å². The number of nitrogens with zero attached hydrogens (tertiary/aromatic N) is 1. The van der Waals surface area contributed by atoms with Gasteiger partial charge in [0.2, 0.25) is 10.0 Å². The summed E-state index contributed by atoms with van der Waals surface area (Å²) in [7, 11) is -3.97. The molecule has 0 amide bonds. The van der Waals surface area contributed by atoms with Crippen LogP contribution in [0.2, 0.25) is 0 Å². The van der Waals surface area contributed by atoms with Crippen LogP contribution >= 0.6 is 0 Å². The molecule has 2 aromatic carbocycles. The first-order valence-electron chi connectivity index (χ1n) is 14.3. The Morgan fingerprint density at radius 2 is 1.88 bits per heavy atom. The van der Waals surface area contributed by atoms with Crippen LogP contribution < -0.4 is 0 Å². The Balaban J connectivity index is 1.51. The highest BCUT2D eigenvalue weighted by atomic mass is 32.2. The topological polar surface area (TPSA) is 113 Å². The van der Waals surface area contributed by atoms with Crippen LogP contribution in [0.3, 0.4) is 0 Å². The summed E-state index contributed by atoms with van der Waals surface area (Å²) in [5.41, 5.74) is 2.29. The number of carbonyl (C=O) groups is 1. The normalized spacial score (nSPS) is 22.4. The average Bonchev–Trinajstić information content (AvgIpc) is 3.50. The number of aliphatic hydroxyl groups excluding tert-OH is 2. The third kappa shape index (κ3) is 7.70. The third-order valence-corrected chi connectivity index (χ3v) is 9.93. The van der Waals surface area contributed by atoms with Crippen LogP contribution in [0.5, 0.6) is 0 Å². The van der Waals surface area contributed by atoms with Crippen molar-refractivity contribution in [2.75, 3.05) is 19.7 Å². The zero-order valence-corrected chi connectivity index (χ0v) is 24.6.